The Labute approximate surface area is 211 Å². The lowest BCUT2D eigenvalue weighted by Gasteiger charge is -2.33. The molecule has 0 aliphatic heterocycles. The van der Waals surface area contributed by atoms with E-state index in [1.165, 1.54) is 4.90 Å². The van der Waals surface area contributed by atoms with Crippen molar-refractivity contribution in [2.24, 2.45) is 0 Å². The van der Waals surface area contributed by atoms with Crippen LogP contribution in [0.2, 0.25) is 0 Å². The Morgan fingerprint density at radius 2 is 1.47 bits per heavy atom. The van der Waals surface area contributed by atoms with Crippen LogP contribution in [0.5, 0.6) is 0 Å². The fraction of sp³-hybridized carbons (Fsp3) is 0.259. The van der Waals surface area contributed by atoms with E-state index >= 15 is 0 Å². The number of likely N-dealkylation sites (N-methyl/N-ethyl adjacent to an activating group) is 1. The Morgan fingerprint density at radius 1 is 0.889 bits per heavy atom. The zero-order valence-corrected chi connectivity index (χ0v) is 21.1. The Hall–Kier alpha value is -3.72. The SMILES string of the molecule is CCNC(=O)[C@H](CC)N(Cc1ccccc1)C(=O)CN(c1ccccc1)S(=O)(=O)c1ccc(F)cc1. The summed E-state index contributed by atoms with van der Waals surface area (Å²) < 4.78 is 41.7. The molecule has 0 bridgehead atoms. The first-order chi connectivity index (χ1) is 17.3. The second-order valence-electron chi connectivity index (χ2n) is 8.13. The molecule has 0 aromatic heterocycles. The molecule has 0 heterocycles. The lowest BCUT2D eigenvalue weighted by Crippen LogP contribution is -2.52. The van der Waals surface area contributed by atoms with Gasteiger partial charge in [0.05, 0.1) is 10.6 Å². The number of carbonyl (C=O) groups excluding carboxylic acids is 2. The molecular formula is C27H30FN3O4S. The molecule has 36 heavy (non-hydrogen) atoms. The Morgan fingerprint density at radius 3 is 2.03 bits per heavy atom. The van der Waals surface area contributed by atoms with Crippen LogP contribution in [0.25, 0.3) is 0 Å². The number of anilines is 1. The Bertz CT molecular complexity index is 1250. The predicted molar refractivity (Wildman–Crippen MR) is 137 cm³/mol. The number of carbonyl (C=O) groups is 2. The highest BCUT2D eigenvalue weighted by molar-refractivity contribution is 7.92. The van der Waals surface area contributed by atoms with Crippen molar-refractivity contribution >= 4 is 27.5 Å². The van der Waals surface area contributed by atoms with E-state index in [1.54, 1.807) is 44.2 Å². The van der Waals surface area contributed by atoms with Gasteiger partial charge in [0, 0.05) is 13.1 Å². The van der Waals surface area contributed by atoms with E-state index < -0.39 is 34.3 Å². The molecule has 3 rings (SSSR count). The number of para-hydroxylation sites is 1. The minimum Gasteiger partial charge on any atom is -0.355 e. The summed E-state index contributed by atoms with van der Waals surface area (Å²) in [5, 5.41) is 2.76. The summed E-state index contributed by atoms with van der Waals surface area (Å²) >= 11 is 0. The Balaban J connectivity index is 2.02. The number of amides is 2. The van der Waals surface area contributed by atoms with E-state index in [9.17, 15) is 22.4 Å². The largest absolute Gasteiger partial charge is 0.355 e. The summed E-state index contributed by atoms with van der Waals surface area (Å²) in [4.78, 5) is 27.9. The molecule has 3 aromatic rings. The summed E-state index contributed by atoms with van der Waals surface area (Å²) in [5.41, 5.74) is 1.09. The van der Waals surface area contributed by atoms with Crippen LogP contribution in [0.1, 0.15) is 25.8 Å². The maximum Gasteiger partial charge on any atom is 0.264 e. The third kappa shape index (κ3) is 6.48. The number of hydrogen-bond acceptors (Lipinski definition) is 4. The number of halogens is 1. The van der Waals surface area contributed by atoms with Crippen LogP contribution in [-0.2, 0) is 26.2 Å². The summed E-state index contributed by atoms with van der Waals surface area (Å²) in [5.74, 6) is -1.42. The van der Waals surface area contributed by atoms with Gasteiger partial charge in [0.1, 0.15) is 18.4 Å². The molecule has 9 heteroatoms. The van der Waals surface area contributed by atoms with E-state index in [-0.39, 0.29) is 23.0 Å². The predicted octanol–water partition coefficient (Wildman–Crippen LogP) is 3.96. The number of rotatable bonds is 11. The van der Waals surface area contributed by atoms with Crippen molar-refractivity contribution in [1.82, 2.24) is 10.2 Å². The van der Waals surface area contributed by atoms with Crippen LogP contribution in [0.4, 0.5) is 10.1 Å². The Kier molecular flexibility index (Phi) is 9.19. The van der Waals surface area contributed by atoms with Crippen LogP contribution in [0.15, 0.2) is 89.8 Å². The molecule has 1 N–H and O–H groups in total. The zero-order chi connectivity index (χ0) is 26.1. The summed E-state index contributed by atoms with van der Waals surface area (Å²) in [7, 11) is -4.22. The molecule has 0 unspecified atom stereocenters. The van der Waals surface area contributed by atoms with Crippen molar-refractivity contribution in [3.8, 4) is 0 Å². The van der Waals surface area contributed by atoms with Gasteiger partial charge in [-0.2, -0.15) is 0 Å². The van der Waals surface area contributed by atoms with Gasteiger partial charge in [-0.05, 0) is 55.3 Å². The third-order valence-electron chi connectivity index (χ3n) is 5.66. The second kappa shape index (κ2) is 12.3. The number of hydrogen-bond donors (Lipinski definition) is 1. The molecular weight excluding hydrogens is 481 g/mol. The van der Waals surface area contributed by atoms with Gasteiger partial charge < -0.3 is 10.2 Å². The van der Waals surface area contributed by atoms with Gasteiger partial charge in [0.25, 0.3) is 10.0 Å². The smallest absolute Gasteiger partial charge is 0.264 e. The first kappa shape index (κ1) is 26.9. The number of nitrogens with zero attached hydrogens (tertiary/aromatic N) is 2. The average molecular weight is 512 g/mol. The van der Waals surface area contributed by atoms with Gasteiger partial charge >= 0.3 is 0 Å². The fourth-order valence-corrected chi connectivity index (χ4v) is 5.26. The van der Waals surface area contributed by atoms with Gasteiger partial charge in [0.2, 0.25) is 11.8 Å². The maximum atomic E-state index is 13.8. The molecule has 0 saturated heterocycles. The van der Waals surface area contributed by atoms with Crippen molar-refractivity contribution in [1.29, 1.82) is 0 Å². The van der Waals surface area contributed by atoms with Crippen LogP contribution in [-0.4, -0.2) is 44.3 Å². The van der Waals surface area contributed by atoms with E-state index in [1.807, 2.05) is 30.3 Å². The highest BCUT2D eigenvalue weighted by atomic mass is 32.2. The van der Waals surface area contributed by atoms with Crippen molar-refractivity contribution in [3.05, 3.63) is 96.3 Å². The van der Waals surface area contributed by atoms with Crippen molar-refractivity contribution < 1.29 is 22.4 Å². The first-order valence-electron chi connectivity index (χ1n) is 11.7. The lowest BCUT2D eigenvalue weighted by molar-refractivity contribution is -0.140. The molecule has 0 aliphatic carbocycles. The normalized spacial score (nSPS) is 12.0. The minimum atomic E-state index is -4.22. The molecule has 3 aromatic carbocycles. The van der Waals surface area contributed by atoms with Gasteiger partial charge in [-0.15, -0.1) is 0 Å². The maximum absolute atomic E-state index is 13.8. The lowest BCUT2D eigenvalue weighted by atomic mass is 10.1. The van der Waals surface area contributed by atoms with Gasteiger partial charge in [-0.25, -0.2) is 12.8 Å². The molecule has 1 atom stereocenters. The monoisotopic (exact) mass is 511 g/mol. The molecule has 0 aliphatic rings. The molecule has 7 nitrogen and oxygen atoms in total. The average Bonchev–Trinajstić information content (AvgIpc) is 2.88. The van der Waals surface area contributed by atoms with Gasteiger partial charge in [0.15, 0.2) is 0 Å². The van der Waals surface area contributed by atoms with E-state index in [0.29, 0.717) is 13.0 Å². The first-order valence-corrected chi connectivity index (χ1v) is 13.2. The molecule has 2 amide bonds. The highest BCUT2D eigenvalue weighted by Gasteiger charge is 2.33. The van der Waals surface area contributed by atoms with Crippen LogP contribution in [0.3, 0.4) is 0 Å². The van der Waals surface area contributed by atoms with Crippen LogP contribution in [0, 0.1) is 5.82 Å². The van der Waals surface area contributed by atoms with Gasteiger partial charge in [-0.1, -0.05) is 55.5 Å². The van der Waals surface area contributed by atoms with Crippen LogP contribution < -0.4 is 9.62 Å². The molecule has 0 spiro atoms. The van der Waals surface area contributed by atoms with E-state index in [0.717, 1.165) is 34.1 Å². The summed E-state index contributed by atoms with van der Waals surface area (Å²) in [6.07, 6.45) is 0.348. The number of sulfonamides is 1. The van der Waals surface area contributed by atoms with Crippen molar-refractivity contribution in [2.45, 2.75) is 37.8 Å². The highest BCUT2D eigenvalue weighted by Crippen LogP contribution is 2.25. The molecule has 190 valence electrons. The number of benzene rings is 3. The number of nitrogens with one attached hydrogen (secondary N) is 1. The van der Waals surface area contributed by atoms with Gasteiger partial charge in [-0.3, -0.25) is 13.9 Å². The van der Waals surface area contributed by atoms with E-state index in [2.05, 4.69) is 5.32 Å². The van der Waals surface area contributed by atoms with Crippen molar-refractivity contribution in [2.75, 3.05) is 17.4 Å². The molecule has 0 saturated carbocycles. The fourth-order valence-electron chi connectivity index (χ4n) is 3.85. The quantitative estimate of drug-likeness (QED) is 0.422. The molecule has 0 fully saturated rings. The van der Waals surface area contributed by atoms with Crippen LogP contribution >= 0.6 is 0 Å². The zero-order valence-electron chi connectivity index (χ0n) is 20.3. The van der Waals surface area contributed by atoms with Crippen molar-refractivity contribution in [3.63, 3.8) is 0 Å². The third-order valence-corrected chi connectivity index (χ3v) is 7.45. The summed E-state index contributed by atoms with van der Waals surface area (Å²) in [6, 6.07) is 21.1. The summed E-state index contributed by atoms with van der Waals surface area (Å²) in [6.45, 7) is 3.59. The standard InChI is InChI=1S/C27H30FN3O4S/c1-3-25(27(33)29-4-2)30(19-21-11-7-5-8-12-21)26(32)20-31(23-13-9-6-10-14-23)36(34,35)24-17-15-22(28)16-18-24/h5-18,25H,3-4,19-20H2,1-2H3,(H,29,33)/t25-/m0/s1. The second-order valence-corrected chi connectivity index (χ2v) is 9.99. The minimum absolute atomic E-state index is 0.133. The van der Waals surface area contributed by atoms with E-state index in [4.69, 9.17) is 0 Å². The molecule has 0 radical (unpaired) electrons. The topological polar surface area (TPSA) is 86.8 Å².